The van der Waals surface area contributed by atoms with Gasteiger partial charge in [0.2, 0.25) is 0 Å². The summed E-state index contributed by atoms with van der Waals surface area (Å²) in [5, 5.41) is 3.99. The molecule has 106 valence electrons. The number of halogens is 2. The fourth-order valence-electron chi connectivity index (χ4n) is 2.50. The summed E-state index contributed by atoms with van der Waals surface area (Å²) in [4.78, 5) is 0. The number of rotatable bonds is 7. The first-order valence-corrected chi connectivity index (χ1v) is 7.35. The van der Waals surface area contributed by atoms with E-state index >= 15 is 0 Å². The second kappa shape index (κ2) is 6.69. The lowest BCUT2D eigenvalue weighted by Crippen LogP contribution is -2.35. The van der Waals surface area contributed by atoms with Crippen LogP contribution in [0, 0.1) is 11.7 Å². The Kier molecular flexibility index (Phi) is 5.20. The molecule has 0 heterocycles. The van der Waals surface area contributed by atoms with Crippen LogP contribution in [0.4, 0.5) is 4.39 Å². The normalized spacial score (nSPS) is 18.3. The largest absolute Gasteiger partial charge is 0.376 e. The van der Waals surface area contributed by atoms with Crippen LogP contribution in [0.15, 0.2) is 18.2 Å². The summed E-state index contributed by atoms with van der Waals surface area (Å²) in [6.07, 6.45) is 2.43. The quantitative estimate of drug-likeness (QED) is 0.819. The maximum Gasteiger partial charge on any atom is 0.123 e. The SMILES string of the molecule is CCNC(c1cc(F)ccc1Cl)C(OCC)C1CC1. The molecule has 0 spiro atoms. The molecule has 1 aliphatic carbocycles. The highest BCUT2D eigenvalue weighted by atomic mass is 35.5. The molecule has 2 atom stereocenters. The van der Waals surface area contributed by atoms with Crippen LogP contribution in [-0.2, 0) is 4.74 Å². The van der Waals surface area contributed by atoms with Gasteiger partial charge in [-0.2, -0.15) is 0 Å². The van der Waals surface area contributed by atoms with Crippen molar-refractivity contribution in [2.24, 2.45) is 5.92 Å². The van der Waals surface area contributed by atoms with E-state index in [1.807, 2.05) is 13.8 Å². The molecule has 1 aromatic rings. The average Bonchev–Trinajstić information content (AvgIpc) is 3.21. The minimum atomic E-state index is -0.256. The molecule has 1 N–H and O–H groups in total. The summed E-state index contributed by atoms with van der Waals surface area (Å²) >= 11 is 6.23. The van der Waals surface area contributed by atoms with Crippen LogP contribution in [0.3, 0.4) is 0 Å². The zero-order chi connectivity index (χ0) is 13.8. The number of likely N-dealkylation sites (N-methyl/N-ethyl adjacent to an activating group) is 1. The predicted molar refractivity (Wildman–Crippen MR) is 76.0 cm³/mol. The predicted octanol–water partition coefficient (Wildman–Crippen LogP) is 3.94. The first-order valence-electron chi connectivity index (χ1n) is 6.97. The van der Waals surface area contributed by atoms with Gasteiger partial charge in [0.25, 0.3) is 0 Å². The van der Waals surface area contributed by atoms with E-state index in [0.717, 1.165) is 12.1 Å². The van der Waals surface area contributed by atoms with E-state index in [2.05, 4.69) is 5.32 Å². The molecule has 1 aliphatic rings. The first-order chi connectivity index (χ1) is 9.17. The molecule has 19 heavy (non-hydrogen) atoms. The third-order valence-electron chi connectivity index (χ3n) is 3.49. The summed E-state index contributed by atoms with van der Waals surface area (Å²) in [7, 11) is 0. The van der Waals surface area contributed by atoms with Crippen LogP contribution in [0.5, 0.6) is 0 Å². The summed E-state index contributed by atoms with van der Waals surface area (Å²) < 4.78 is 19.4. The number of ether oxygens (including phenoxy) is 1. The molecule has 0 bridgehead atoms. The molecule has 2 unspecified atom stereocenters. The van der Waals surface area contributed by atoms with Gasteiger partial charge in [-0.3, -0.25) is 0 Å². The number of hydrogen-bond donors (Lipinski definition) is 1. The first kappa shape index (κ1) is 14.8. The van der Waals surface area contributed by atoms with Gasteiger partial charge in [0.15, 0.2) is 0 Å². The summed E-state index contributed by atoms with van der Waals surface area (Å²) in [5.74, 6) is 0.302. The average molecular weight is 286 g/mol. The molecule has 0 saturated heterocycles. The van der Waals surface area contributed by atoms with Crippen molar-refractivity contribution in [2.45, 2.75) is 38.8 Å². The molecule has 2 rings (SSSR count). The molecular weight excluding hydrogens is 265 g/mol. The molecule has 1 aromatic carbocycles. The van der Waals surface area contributed by atoms with Gasteiger partial charge in [-0.15, -0.1) is 0 Å². The lowest BCUT2D eigenvalue weighted by Gasteiger charge is -2.29. The van der Waals surface area contributed by atoms with Crippen molar-refractivity contribution in [3.05, 3.63) is 34.6 Å². The molecule has 0 aromatic heterocycles. The number of nitrogens with one attached hydrogen (secondary N) is 1. The second-order valence-electron chi connectivity index (χ2n) is 4.96. The van der Waals surface area contributed by atoms with E-state index < -0.39 is 0 Å². The zero-order valence-electron chi connectivity index (χ0n) is 11.5. The van der Waals surface area contributed by atoms with Gasteiger partial charge in [0.05, 0.1) is 12.1 Å². The van der Waals surface area contributed by atoms with Crippen LogP contribution >= 0.6 is 11.6 Å². The zero-order valence-corrected chi connectivity index (χ0v) is 12.2. The lowest BCUT2D eigenvalue weighted by molar-refractivity contribution is 0.0189. The Morgan fingerprint density at radius 1 is 1.42 bits per heavy atom. The molecule has 1 saturated carbocycles. The van der Waals surface area contributed by atoms with E-state index in [0.29, 0.717) is 17.5 Å². The van der Waals surface area contributed by atoms with E-state index in [1.54, 1.807) is 6.07 Å². The van der Waals surface area contributed by atoms with Crippen LogP contribution < -0.4 is 5.32 Å². The highest BCUT2D eigenvalue weighted by Crippen LogP contribution is 2.41. The fourth-order valence-corrected chi connectivity index (χ4v) is 2.73. The van der Waals surface area contributed by atoms with E-state index in [9.17, 15) is 4.39 Å². The Balaban J connectivity index is 2.28. The second-order valence-corrected chi connectivity index (χ2v) is 5.37. The van der Waals surface area contributed by atoms with Crippen molar-refractivity contribution in [3.63, 3.8) is 0 Å². The van der Waals surface area contributed by atoms with Gasteiger partial charge < -0.3 is 10.1 Å². The van der Waals surface area contributed by atoms with Crippen molar-refractivity contribution in [3.8, 4) is 0 Å². The standard InChI is InChI=1S/C15H21ClFNO/c1-3-18-14(15(19-4-2)10-5-6-10)12-9-11(17)7-8-13(12)16/h7-10,14-15,18H,3-6H2,1-2H3. The van der Waals surface area contributed by atoms with Gasteiger partial charge in [0.1, 0.15) is 5.82 Å². The maximum atomic E-state index is 13.5. The molecule has 4 heteroatoms. The van der Waals surface area contributed by atoms with Crippen molar-refractivity contribution in [1.29, 1.82) is 0 Å². The van der Waals surface area contributed by atoms with Crippen LogP contribution in [-0.4, -0.2) is 19.3 Å². The summed E-state index contributed by atoms with van der Waals surface area (Å²) in [5.41, 5.74) is 0.800. The van der Waals surface area contributed by atoms with Gasteiger partial charge in [-0.25, -0.2) is 4.39 Å². The lowest BCUT2D eigenvalue weighted by atomic mass is 9.97. The van der Waals surface area contributed by atoms with Crippen LogP contribution in [0.2, 0.25) is 5.02 Å². The minimum Gasteiger partial charge on any atom is -0.376 e. The Bertz CT molecular complexity index is 423. The maximum absolute atomic E-state index is 13.5. The molecule has 2 nitrogen and oxygen atoms in total. The molecule has 1 fully saturated rings. The van der Waals surface area contributed by atoms with Gasteiger partial charge in [-0.05, 0) is 56.0 Å². The number of benzene rings is 1. The molecular formula is C15H21ClFNO. The van der Waals surface area contributed by atoms with Crippen molar-refractivity contribution >= 4 is 11.6 Å². The third-order valence-corrected chi connectivity index (χ3v) is 3.84. The fraction of sp³-hybridized carbons (Fsp3) is 0.600. The highest BCUT2D eigenvalue weighted by Gasteiger charge is 2.38. The Morgan fingerprint density at radius 3 is 2.74 bits per heavy atom. The van der Waals surface area contributed by atoms with Crippen molar-refractivity contribution in [1.82, 2.24) is 5.32 Å². The minimum absolute atomic E-state index is 0.0411. The van der Waals surface area contributed by atoms with E-state index in [4.69, 9.17) is 16.3 Å². The Morgan fingerprint density at radius 2 is 2.16 bits per heavy atom. The molecule has 0 amide bonds. The molecule has 0 aliphatic heterocycles. The molecule has 0 radical (unpaired) electrons. The van der Waals surface area contributed by atoms with E-state index in [1.165, 1.54) is 25.0 Å². The van der Waals surface area contributed by atoms with Crippen molar-refractivity contribution < 1.29 is 9.13 Å². The third kappa shape index (κ3) is 3.68. The van der Waals surface area contributed by atoms with E-state index in [-0.39, 0.29) is 18.0 Å². The van der Waals surface area contributed by atoms with Crippen LogP contribution in [0.25, 0.3) is 0 Å². The van der Waals surface area contributed by atoms with Gasteiger partial charge in [-0.1, -0.05) is 18.5 Å². The smallest absolute Gasteiger partial charge is 0.123 e. The van der Waals surface area contributed by atoms with Gasteiger partial charge >= 0.3 is 0 Å². The number of hydrogen-bond acceptors (Lipinski definition) is 2. The van der Waals surface area contributed by atoms with Gasteiger partial charge in [0, 0.05) is 11.6 Å². The topological polar surface area (TPSA) is 21.3 Å². The Hall–Kier alpha value is -0.640. The summed E-state index contributed by atoms with van der Waals surface area (Å²) in [6.45, 7) is 5.49. The Labute approximate surface area is 119 Å². The monoisotopic (exact) mass is 285 g/mol. The van der Waals surface area contributed by atoms with Crippen LogP contribution in [0.1, 0.15) is 38.3 Å². The summed E-state index contributed by atoms with van der Waals surface area (Å²) in [6, 6.07) is 4.48. The van der Waals surface area contributed by atoms with Crippen molar-refractivity contribution in [2.75, 3.05) is 13.2 Å². The highest BCUT2D eigenvalue weighted by molar-refractivity contribution is 6.31.